The molecule has 0 saturated carbocycles. The van der Waals surface area contributed by atoms with Crippen molar-refractivity contribution < 1.29 is 24.8 Å². The van der Waals surface area contributed by atoms with E-state index < -0.39 is 22.7 Å². The second-order valence-corrected chi connectivity index (χ2v) is 12.8. The van der Waals surface area contributed by atoms with E-state index in [1.807, 2.05) is 26.8 Å². The van der Waals surface area contributed by atoms with Gasteiger partial charge < -0.3 is 24.8 Å². The highest BCUT2D eigenvalue weighted by Gasteiger charge is 2.51. The van der Waals surface area contributed by atoms with Gasteiger partial charge in [0.05, 0.1) is 6.10 Å². The number of benzene rings is 1. The van der Waals surface area contributed by atoms with Crippen LogP contribution in [0, 0.1) is 31.1 Å². The Kier molecular flexibility index (Phi) is 6.33. The largest absolute Gasteiger partial charge is 0.508 e. The van der Waals surface area contributed by atoms with Gasteiger partial charge in [-0.3, -0.25) is 4.79 Å². The number of aliphatic hydroxyl groups is 1. The van der Waals surface area contributed by atoms with Crippen LogP contribution in [0.4, 0.5) is 0 Å². The summed E-state index contributed by atoms with van der Waals surface area (Å²) in [5, 5.41) is 32.5. The van der Waals surface area contributed by atoms with E-state index in [0.717, 1.165) is 34.4 Å². The van der Waals surface area contributed by atoms with Crippen molar-refractivity contribution >= 4 is 0 Å². The summed E-state index contributed by atoms with van der Waals surface area (Å²) in [7, 11) is 0. The van der Waals surface area contributed by atoms with E-state index in [4.69, 9.17) is 9.47 Å². The molecule has 2 aromatic carbocycles. The fourth-order valence-corrected chi connectivity index (χ4v) is 6.80. The van der Waals surface area contributed by atoms with Crippen LogP contribution in [0.5, 0.6) is 23.0 Å². The Morgan fingerprint density at radius 1 is 0.895 bits per heavy atom. The molecule has 3 aliphatic rings. The monoisotopic (exact) mass is 520 g/mol. The Labute approximate surface area is 224 Å². The Balaban J connectivity index is 1.61. The molecule has 0 unspecified atom stereocenters. The third kappa shape index (κ3) is 4.47. The maximum Gasteiger partial charge on any atom is 0.223 e. The van der Waals surface area contributed by atoms with E-state index >= 15 is 0 Å². The molecule has 38 heavy (non-hydrogen) atoms. The minimum atomic E-state index is -0.958. The molecule has 204 valence electrons. The first kappa shape index (κ1) is 26.6. The van der Waals surface area contributed by atoms with Crippen molar-refractivity contribution in [3.05, 3.63) is 68.9 Å². The van der Waals surface area contributed by atoms with Gasteiger partial charge in [-0.05, 0) is 93.7 Å². The van der Waals surface area contributed by atoms with Gasteiger partial charge in [-0.15, -0.1) is 0 Å². The maximum absolute atomic E-state index is 12.5. The maximum atomic E-state index is 12.5. The van der Waals surface area contributed by atoms with Crippen molar-refractivity contribution in [2.45, 2.75) is 91.0 Å². The number of phenolic OH excluding ortho intramolecular Hbond substituents is 1. The first-order chi connectivity index (χ1) is 17.7. The molecule has 2 heterocycles. The van der Waals surface area contributed by atoms with Crippen molar-refractivity contribution in [3.8, 4) is 23.0 Å². The van der Waals surface area contributed by atoms with E-state index in [1.54, 1.807) is 6.07 Å². The van der Waals surface area contributed by atoms with Gasteiger partial charge in [0, 0.05) is 29.9 Å². The summed E-state index contributed by atoms with van der Waals surface area (Å²) in [6.45, 7) is 12.3. The van der Waals surface area contributed by atoms with Crippen molar-refractivity contribution in [2.75, 3.05) is 0 Å². The number of hydrogen-bond acceptors (Lipinski definition) is 6. The second kappa shape index (κ2) is 9.04. The van der Waals surface area contributed by atoms with Crippen LogP contribution in [0.15, 0.2) is 41.2 Å². The molecule has 2 aliphatic heterocycles. The van der Waals surface area contributed by atoms with Crippen LogP contribution in [0.1, 0.15) is 69.2 Å². The molecule has 2 aromatic rings. The average molecular weight is 521 g/mol. The zero-order chi connectivity index (χ0) is 27.6. The molecule has 6 nitrogen and oxygen atoms in total. The van der Waals surface area contributed by atoms with Gasteiger partial charge in [-0.2, -0.15) is 0 Å². The first-order valence-electron chi connectivity index (χ1n) is 13.6. The standard InChI is InChI=1S/C32H40O6/c1-18-12-25(34)26(35)16-28-22(18)14-21-17-30(3,4)10-7-11-31(5)20(15-29(36)32(21,6)38-28)13-23-19(2)24(33)8-9-27(23)37-31/h7-10,12,16,20-21,29,33,36H,11,13-15,17H2,1-6H3,(H,34,35)/b10-7-/t20-,21+,29-,31-,32-/m1/s1. The molecule has 0 bridgehead atoms. The molecule has 5 rings (SSSR count). The number of phenols is 1. The van der Waals surface area contributed by atoms with E-state index in [2.05, 4.69) is 32.9 Å². The van der Waals surface area contributed by atoms with Gasteiger partial charge in [0.2, 0.25) is 5.43 Å². The lowest BCUT2D eigenvalue weighted by Gasteiger charge is -2.49. The molecular weight excluding hydrogens is 480 g/mol. The van der Waals surface area contributed by atoms with Crippen LogP contribution in [0.25, 0.3) is 0 Å². The SMILES string of the molecule is Cc1cc(O)c(=O)cc2c1C[C@H]1CC(C)(C)/C=C\C[C@@]3(C)Oc4ccc(O)c(C)c4C[C@@H]3C[C@@H](O)[C@]1(C)O2. The second-order valence-electron chi connectivity index (χ2n) is 12.8. The summed E-state index contributed by atoms with van der Waals surface area (Å²) in [5.41, 5.74) is 1.31. The summed E-state index contributed by atoms with van der Waals surface area (Å²) in [4.78, 5) is 12.5. The highest BCUT2D eigenvalue weighted by atomic mass is 16.5. The third-order valence-electron chi connectivity index (χ3n) is 9.45. The van der Waals surface area contributed by atoms with Gasteiger partial charge in [0.15, 0.2) is 5.75 Å². The summed E-state index contributed by atoms with van der Waals surface area (Å²) < 4.78 is 13.3. The highest BCUT2D eigenvalue weighted by Crippen LogP contribution is 2.50. The normalized spacial score (nSPS) is 32.7. The summed E-state index contributed by atoms with van der Waals surface area (Å²) >= 11 is 0. The number of aromatic hydroxyl groups is 2. The molecule has 6 heteroatoms. The zero-order valence-electron chi connectivity index (χ0n) is 23.3. The molecule has 5 atom stereocenters. The summed E-state index contributed by atoms with van der Waals surface area (Å²) in [6.07, 6.45) is 6.85. The smallest absolute Gasteiger partial charge is 0.223 e. The van der Waals surface area contributed by atoms with Gasteiger partial charge in [-0.25, -0.2) is 0 Å². The predicted molar refractivity (Wildman–Crippen MR) is 147 cm³/mol. The molecule has 0 radical (unpaired) electrons. The molecule has 1 aliphatic carbocycles. The fourth-order valence-electron chi connectivity index (χ4n) is 6.80. The Morgan fingerprint density at radius 2 is 1.61 bits per heavy atom. The Morgan fingerprint density at radius 3 is 2.34 bits per heavy atom. The topological polar surface area (TPSA) is 96.2 Å². The van der Waals surface area contributed by atoms with Crippen LogP contribution in [0.3, 0.4) is 0 Å². The summed E-state index contributed by atoms with van der Waals surface area (Å²) in [6, 6.07) is 6.39. The Bertz CT molecular complexity index is 1360. The van der Waals surface area contributed by atoms with Crippen LogP contribution in [-0.2, 0) is 12.8 Å². The number of hydrogen-bond donors (Lipinski definition) is 3. The van der Waals surface area contributed by atoms with E-state index in [1.165, 1.54) is 12.1 Å². The molecule has 0 saturated heterocycles. The van der Waals surface area contributed by atoms with Crippen LogP contribution in [-0.4, -0.2) is 32.6 Å². The number of aliphatic hydroxyl groups excluding tert-OH is 1. The fraction of sp³-hybridized carbons (Fsp3) is 0.531. The molecular formula is C32H40O6. The minimum absolute atomic E-state index is 0.0325. The van der Waals surface area contributed by atoms with E-state index in [0.29, 0.717) is 31.4 Å². The Hall–Kier alpha value is -2.99. The van der Waals surface area contributed by atoms with Gasteiger partial charge in [0.25, 0.3) is 0 Å². The third-order valence-corrected chi connectivity index (χ3v) is 9.45. The lowest BCUT2D eigenvalue weighted by Crippen LogP contribution is -2.57. The molecule has 0 spiro atoms. The predicted octanol–water partition coefficient (Wildman–Crippen LogP) is 5.52. The van der Waals surface area contributed by atoms with Gasteiger partial charge in [-0.1, -0.05) is 26.0 Å². The minimum Gasteiger partial charge on any atom is -0.508 e. The quantitative estimate of drug-likeness (QED) is 0.396. The average Bonchev–Trinajstić information content (AvgIpc) is 2.92. The first-order valence-corrected chi connectivity index (χ1v) is 13.6. The number of fused-ring (bicyclic) bond motifs is 4. The van der Waals surface area contributed by atoms with E-state index in [9.17, 15) is 20.1 Å². The van der Waals surface area contributed by atoms with Crippen LogP contribution >= 0.6 is 0 Å². The van der Waals surface area contributed by atoms with Gasteiger partial charge in [0.1, 0.15) is 28.5 Å². The molecule has 0 aromatic heterocycles. The number of allylic oxidation sites excluding steroid dienone is 1. The van der Waals surface area contributed by atoms with Crippen LogP contribution in [0.2, 0.25) is 0 Å². The van der Waals surface area contributed by atoms with Crippen molar-refractivity contribution in [3.63, 3.8) is 0 Å². The van der Waals surface area contributed by atoms with Crippen molar-refractivity contribution in [1.29, 1.82) is 0 Å². The molecule has 3 N–H and O–H groups in total. The summed E-state index contributed by atoms with van der Waals surface area (Å²) in [5.74, 6) is 1.09. The van der Waals surface area contributed by atoms with Gasteiger partial charge >= 0.3 is 0 Å². The highest BCUT2D eigenvalue weighted by molar-refractivity contribution is 5.49. The molecule has 0 amide bonds. The van der Waals surface area contributed by atoms with Crippen molar-refractivity contribution in [2.24, 2.45) is 17.3 Å². The van der Waals surface area contributed by atoms with Crippen LogP contribution < -0.4 is 14.9 Å². The van der Waals surface area contributed by atoms with Crippen molar-refractivity contribution in [1.82, 2.24) is 0 Å². The number of rotatable bonds is 0. The number of ether oxygens (including phenoxy) is 2. The number of aryl methyl sites for hydroxylation is 1. The van der Waals surface area contributed by atoms with E-state index in [-0.39, 0.29) is 28.7 Å². The lowest BCUT2D eigenvalue weighted by molar-refractivity contribution is -0.117. The zero-order valence-corrected chi connectivity index (χ0v) is 23.3. The lowest BCUT2D eigenvalue weighted by atomic mass is 9.67. The molecule has 0 fully saturated rings.